The lowest BCUT2D eigenvalue weighted by Gasteiger charge is -2.62. The van der Waals surface area contributed by atoms with Gasteiger partial charge in [-0.25, -0.2) is 0 Å². The van der Waals surface area contributed by atoms with Gasteiger partial charge < -0.3 is 9.64 Å². The highest BCUT2D eigenvalue weighted by atomic mass is 32.2. The van der Waals surface area contributed by atoms with Gasteiger partial charge in [0.2, 0.25) is 5.91 Å². The first-order chi connectivity index (χ1) is 13.7. The van der Waals surface area contributed by atoms with Crippen molar-refractivity contribution in [3.8, 4) is 0 Å². The number of para-hydroxylation sites is 1. The maximum Gasteiger partial charge on any atom is 0.230 e. The highest BCUT2D eigenvalue weighted by Crippen LogP contribution is 2.76. The molecule has 3 aliphatic carbocycles. The molecule has 0 radical (unpaired) electrons. The molecule has 4 atom stereocenters. The van der Waals surface area contributed by atoms with E-state index in [0.29, 0.717) is 25.0 Å². The molecular weight excluding hydrogens is 388 g/mol. The molecule has 7 rings (SSSR count). The number of aliphatic imine (C=N–C) groups is 1. The van der Waals surface area contributed by atoms with Gasteiger partial charge in [-0.05, 0) is 36.8 Å². The zero-order chi connectivity index (χ0) is 19.1. The molecular formula is C22H26N2O2S2. The zero-order valence-electron chi connectivity index (χ0n) is 16.4. The second kappa shape index (κ2) is 5.79. The van der Waals surface area contributed by atoms with Crippen LogP contribution in [0.15, 0.2) is 29.3 Å². The van der Waals surface area contributed by atoms with Gasteiger partial charge in [-0.15, -0.1) is 23.5 Å². The predicted octanol–water partition coefficient (Wildman–Crippen LogP) is 3.86. The van der Waals surface area contributed by atoms with Gasteiger partial charge in [0.05, 0.1) is 28.8 Å². The van der Waals surface area contributed by atoms with Crippen LogP contribution in [0.3, 0.4) is 0 Å². The lowest BCUT2D eigenvalue weighted by Crippen LogP contribution is -2.70. The van der Waals surface area contributed by atoms with E-state index in [2.05, 4.69) is 59.6 Å². The van der Waals surface area contributed by atoms with E-state index in [4.69, 9.17) is 9.73 Å². The molecule has 0 aromatic heterocycles. The minimum atomic E-state index is -0.339. The lowest BCUT2D eigenvalue weighted by molar-refractivity contribution is -0.138. The summed E-state index contributed by atoms with van der Waals surface area (Å²) in [6.07, 6.45) is 3.00. The number of hydrogen-bond acceptors (Lipinski definition) is 5. The smallest absolute Gasteiger partial charge is 0.230 e. The first-order valence-electron chi connectivity index (χ1n) is 10.4. The minimum Gasteiger partial charge on any atom is -0.383 e. The van der Waals surface area contributed by atoms with E-state index in [1.807, 2.05) is 0 Å². The Morgan fingerprint density at radius 1 is 1.29 bits per heavy atom. The Labute approximate surface area is 174 Å². The summed E-state index contributed by atoms with van der Waals surface area (Å²) >= 11 is 4.22. The van der Waals surface area contributed by atoms with Gasteiger partial charge in [-0.3, -0.25) is 9.79 Å². The third-order valence-corrected chi connectivity index (χ3v) is 11.8. The van der Waals surface area contributed by atoms with Crippen LogP contribution in [0.1, 0.15) is 31.7 Å². The van der Waals surface area contributed by atoms with Crippen molar-refractivity contribution in [2.24, 2.45) is 16.3 Å². The van der Waals surface area contributed by atoms with Crippen LogP contribution in [0, 0.1) is 11.3 Å². The Hall–Kier alpha value is -0.980. The van der Waals surface area contributed by atoms with Crippen LogP contribution < -0.4 is 0 Å². The minimum absolute atomic E-state index is 0.0751. The maximum absolute atomic E-state index is 14.0. The number of nitrogens with zero attached hydrogens (tertiary/aromatic N) is 2. The molecule has 6 aliphatic rings. The van der Waals surface area contributed by atoms with E-state index in [-0.39, 0.29) is 21.0 Å². The van der Waals surface area contributed by atoms with Crippen molar-refractivity contribution < 1.29 is 9.53 Å². The highest BCUT2D eigenvalue weighted by Gasteiger charge is 2.82. The van der Waals surface area contributed by atoms with Crippen LogP contribution in [0.4, 0.5) is 5.69 Å². The van der Waals surface area contributed by atoms with Crippen molar-refractivity contribution in [1.82, 2.24) is 4.90 Å². The van der Waals surface area contributed by atoms with Crippen molar-refractivity contribution in [3.63, 3.8) is 0 Å². The first-order valence-corrected chi connectivity index (χ1v) is 12.4. The third kappa shape index (κ3) is 1.70. The Kier molecular flexibility index (Phi) is 3.69. The Bertz CT molecular complexity index is 896. The fourth-order valence-electron chi connectivity index (χ4n) is 7.18. The monoisotopic (exact) mass is 414 g/mol. The van der Waals surface area contributed by atoms with Crippen LogP contribution in [0.25, 0.3) is 0 Å². The van der Waals surface area contributed by atoms with E-state index >= 15 is 0 Å². The number of ether oxygens (including phenoxy) is 1. The van der Waals surface area contributed by atoms with Crippen molar-refractivity contribution in [2.75, 3.05) is 31.8 Å². The van der Waals surface area contributed by atoms with E-state index in [1.165, 1.54) is 22.8 Å². The number of carbonyl (C=O) groups excluding carboxylic acids is 1. The third-order valence-electron chi connectivity index (χ3n) is 8.06. The van der Waals surface area contributed by atoms with E-state index in [0.717, 1.165) is 24.9 Å². The molecule has 2 saturated heterocycles. The van der Waals surface area contributed by atoms with Crippen molar-refractivity contribution in [2.45, 2.75) is 41.7 Å². The molecule has 148 valence electrons. The fourth-order valence-corrected chi connectivity index (χ4v) is 10.8. The van der Waals surface area contributed by atoms with Gasteiger partial charge in [0.15, 0.2) is 0 Å². The summed E-state index contributed by atoms with van der Waals surface area (Å²) < 4.78 is 5.46. The number of hydrogen-bond donors (Lipinski definition) is 0. The second-order valence-corrected chi connectivity index (χ2v) is 11.7. The molecule has 4 nitrogen and oxygen atoms in total. The first kappa shape index (κ1) is 17.8. The molecule has 1 aromatic carbocycles. The van der Waals surface area contributed by atoms with E-state index < -0.39 is 0 Å². The molecule has 1 aromatic rings. The molecule has 1 amide bonds. The maximum atomic E-state index is 14.0. The van der Waals surface area contributed by atoms with Crippen molar-refractivity contribution in [1.29, 1.82) is 0 Å². The molecule has 0 N–H and O–H groups in total. The quantitative estimate of drug-likeness (QED) is 0.750. The molecule has 28 heavy (non-hydrogen) atoms. The van der Waals surface area contributed by atoms with Crippen LogP contribution in [0.5, 0.6) is 0 Å². The van der Waals surface area contributed by atoms with Crippen LogP contribution in [0.2, 0.25) is 0 Å². The number of likely N-dealkylation sites (tertiary alicyclic amines) is 1. The normalized spacial score (nSPS) is 38.9. The average Bonchev–Trinajstić information content (AvgIpc) is 3.37. The number of methoxy groups -OCH3 is 1. The second-order valence-electron chi connectivity index (χ2n) is 8.73. The molecule has 0 unspecified atom stereocenters. The predicted molar refractivity (Wildman–Crippen MR) is 116 cm³/mol. The number of amides is 1. The van der Waals surface area contributed by atoms with E-state index in [1.54, 1.807) is 7.11 Å². The summed E-state index contributed by atoms with van der Waals surface area (Å²) in [4.78, 5) is 21.5. The standard InChI is InChI=1S/C22H26N2O2S2/c1-3-20-13-14-12-17(24(19(20)25)8-9-26-2)21(20)15-6-4-5-7-16(15)23-18(21)22(14)27-10-11-28-22/h4-7,14,17H,3,8-13H2,1-2H3/t14-,17-,20-,21-/m1/s1. The summed E-state index contributed by atoms with van der Waals surface area (Å²) in [7, 11) is 1.73. The Morgan fingerprint density at radius 3 is 2.82 bits per heavy atom. The SMILES string of the molecule is CC[C@@]12C[C@H]3C[C@@H](N(CCOC)C1=O)[C@]21C(=Nc2ccccc21)C31SCCS1. The number of benzene rings is 1. The fraction of sp³-hybridized carbons (Fsp3) is 0.636. The lowest BCUT2D eigenvalue weighted by atomic mass is 9.44. The van der Waals surface area contributed by atoms with E-state index in [9.17, 15) is 4.79 Å². The number of fused-ring (bicyclic) bond motifs is 1. The average molecular weight is 415 g/mol. The Morgan fingerprint density at radius 2 is 2.07 bits per heavy atom. The summed E-state index contributed by atoms with van der Waals surface area (Å²) in [6, 6.07) is 8.88. The molecule has 3 aliphatic heterocycles. The van der Waals surface area contributed by atoms with Gasteiger partial charge in [0, 0.05) is 31.2 Å². The van der Waals surface area contributed by atoms with Crippen molar-refractivity contribution in [3.05, 3.63) is 29.8 Å². The summed E-state index contributed by atoms with van der Waals surface area (Å²) in [5.41, 5.74) is 3.17. The van der Waals surface area contributed by atoms with Gasteiger partial charge in [-0.1, -0.05) is 25.1 Å². The molecule has 2 spiro atoms. The van der Waals surface area contributed by atoms with Gasteiger partial charge in [0.1, 0.15) is 4.08 Å². The van der Waals surface area contributed by atoms with Crippen molar-refractivity contribution >= 4 is 40.8 Å². The number of rotatable bonds is 4. The molecule has 6 heteroatoms. The van der Waals surface area contributed by atoms with Crippen LogP contribution >= 0.6 is 23.5 Å². The molecule has 4 bridgehead atoms. The highest BCUT2D eigenvalue weighted by molar-refractivity contribution is 8.22. The Balaban J connectivity index is 1.64. The summed E-state index contributed by atoms with van der Waals surface area (Å²) in [5.74, 6) is 3.27. The van der Waals surface area contributed by atoms with Crippen LogP contribution in [-0.2, 0) is 14.9 Å². The molecule has 3 saturated carbocycles. The number of thioether (sulfide) groups is 2. The van der Waals surface area contributed by atoms with Crippen LogP contribution in [-0.4, -0.2) is 58.4 Å². The number of carbonyl (C=O) groups is 1. The summed E-state index contributed by atoms with van der Waals surface area (Å²) in [6.45, 7) is 3.52. The summed E-state index contributed by atoms with van der Waals surface area (Å²) in [5, 5.41) is 0. The zero-order valence-corrected chi connectivity index (χ0v) is 18.1. The topological polar surface area (TPSA) is 41.9 Å². The van der Waals surface area contributed by atoms with Gasteiger partial charge in [0.25, 0.3) is 0 Å². The van der Waals surface area contributed by atoms with Gasteiger partial charge >= 0.3 is 0 Å². The van der Waals surface area contributed by atoms with Gasteiger partial charge in [-0.2, -0.15) is 0 Å². The molecule has 5 fully saturated rings. The largest absolute Gasteiger partial charge is 0.383 e. The molecule has 3 heterocycles.